The van der Waals surface area contributed by atoms with Crippen LogP contribution in [0.3, 0.4) is 0 Å². The Balaban J connectivity index is 1.47. The van der Waals surface area contributed by atoms with Gasteiger partial charge in [-0.15, -0.1) is 0 Å². The summed E-state index contributed by atoms with van der Waals surface area (Å²) < 4.78 is 19.8. The monoisotopic (exact) mass is 503 g/mol. The van der Waals surface area contributed by atoms with Gasteiger partial charge in [-0.25, -0.2) is 14.4 Å². The van der Waals surface area contributed by atoms with Crippen molar-refractivity contribution in [3.05, 3.63) is 54.6 Å². The number of hydrogen-bond donors (Lipinski definition) is 3. The smallest absolute Gasteiger partial charge is 0.227 e. The Morgan fingerprint density at radius 1 is 1.27 bits per heavy atom. The number of likely N-dealkylation sites (N-methyl/N-ethyl adjacent to an activating group) is 1. The lowest BCUT2D eigenvalue weighted by atomic mass is 10.1. The molecule has 1 amide bonds. The van der Waals surface area contributed by atoms with Crippen LogP contribution in [0.1, 0.15) is 13.3 Å². The minimum Gasteiger partial charge on any atom is -0.493 e. The SMILES string of the molecule is COc1cnc(Nc2ccc(N3CC[C@@H](N(C)C)C3)c(NC(C)=O)c2)nc1-c1c[nH]c2c(F)cccc12. The van der Waals surface area contributed by atoms with Crippen LogP contribution in [0.25, 0.3) is 22.2 Å². The van der Waals surface area contributed by atoms with Crippen molar-refractivity contribution >= 4 is 39.8 Å². The van der Waals surface area contributed by atoms with E-state index in [4.69, 9.17) is 4.74 Å². The molecule has 37 heavy (non-hydrogen) atoms. The first-order valence-electron chi connectivity index (χ1n) is 12.1. The van der Waals surface area contributed by atoms with Crippen molar-refractivity contribution in [1.29, 1.82) is 0 Å². The topological polar surface area (TPSA) is 98.4 Å². The van der Waals surface area contributed by atoms with Crippen molar-refractivity contribution < 1.29 is 13.9 Å². The standard InChI is InChI=1S/C27H30FN7O2/c1-16(36)31-22-12-17(8-9-23(22)35-11-10-18(15-35)34(2)3)32-27-30-14-24(37-4)26(33-27)20-13-29-25-19(20)6-5-7-21(25)28/h5-9,12-14,18,29H,10-11,15H2,1-4H3,(H,31,36)(H,30,32,33)/t18-/m1/s1. The number of halogens is 1. The normalized spacial score (nSPS) is 15.4. The summed E-state index contributed by atoms with van der Waals surface area (Å²) in [7, 11) is 5.72. The van der Waals surface area contributed by atoms with Gasteiger partial charge in [-0.05, 0) is 44.8 Å². The Bertz CT molecular complexity index is 1450. The molecule has 1 aliphatic heterocycles. The minimum absolute atomic E-state index is 0.142. The maximum Gasteiger partial charge on any atom is 0.227 e. The fourth-order valence-corrected chi connectivity index (χ4v) is 4.78. The zero-order valence-electron chi connectivity index (χ0n) is 21.3. The van der Waals surface area contributed by atoms with Crippen LogP contribution in [0.4, 0.5) is 27.4 Å². The Hall–Kier alpha value is -4.18. The highest BCUT2D eigenvalue weighted by Gasteiger charge is 2.26. The molecule has 3 N–H and O–H groups in total. The molecule has 1 fully saturated rings. The van der Waals surface area contributed by atoms with Crippen LogP contribution >= 0.6 is 0 Å². The number of H-pyrrole nitrogens is 1. The van der Waals surface area contributed by atoms with E-state index in [0.29, 0.717) is 39.9 Å². The first-order chi connectivity index (χ1) is 17.8. The van der Waals surface area contributed by atoms with E-state index in [0.717, 1.165) is 36.6 Å². The van der Waals surface area contributed by atoms with Gasteiger partial charge in [0.15, 0.2) is 5.75 Å². The van der Waals surface area contributed by atoms with Crippen LogP contribution in [0.5, 0.6) is 5.75 Å². The van der Waals surface area contributed by atoms with Crippen molar-refractivity contribution in [3.8, 4) is 17.0 Å². The lowest BCUT2D eigenvalue weighted by molar-refractivity contribution is -0.114. The second-order valence-electron chi connectivity index (χ2n) is 9.37. The molecule has 5 rings (SSSR count). The van der Waals surface area contributed by atoms with Gasteiger partial charge in [-0.3, -0.25) is 4.79 Å². The summed E-state index contributed by atoms with van der Waals surface area (Å²) in [5.41, 5.74) is 4.05. The number of nitrogens with one attached hydrogen (secondary N) is 3. The summed E-state index contributed by atoms with van der Waals surface area (Å²) in [6.45, 7) is 3.31. The maximum atomic E-state index is 14.3. The number of para-hydroxylation sites is 1. The maximum absolute atomic E-state index is 14.3. The second-order valence-corrected chi connectivity index (χ2v) is 9.37. The molecule has 1 aliphatic rings. The van der Waals surface area contributed by atoms with Crippen molar-refractivity contribution in [2.24, 2.45) is 0 Å². The third-order valence-corrected chi connectivity index (χ3v) is 6.69. The Morgan fingerprint density at radius 3 is 2.84 bits per heavy atom. The molecule has 2 aromatic carbocycles. The van der Waals surface area contributed by atoms with Crippen molar-refractivity contribution in [3.63, 3.8) is 0 Å². The van der Waals surface area contributed by atoms with Gasteiger partial charge in [-0.1, -0.05) is 12.1 Å². The molecule has 0 aliphatic carbocycles. The number of benzene rings is 2. The number of amides is 1. The molecule has 1 saturated heterocycles. The lowest BCUT2D eigenvalue weighted by Crippen LogP contribution is -2.31. The number of aromatic nitrogens is 3. The molecule has 0 radical (unpaired) electrons. The molecule has 9 nitrogen and oxygen atoms in total. The van der Waals surface area contributed by atoms with E-state index in [2.05, 4.69) is 49.5 Å². The zero-order chi connectivity index (χ0) is 26.1. The van der Waals surface area contributed by atoms with E-state index < -0.39 is 0 Å². The van der Waals surface area contributed by atoms with Crippen molar-refractivity contribution in [2.75, 3.05) is 49.8 Å². The predicted molar refractivity (Wildman–Crippen MR) is 144 cm³/mol. The van der Waals surface area contributed by atoms with E-state index in [1.807, 2.05) is 24.3 Å². The molecule has 2 aromatic heterocycles. The van der Waals surface area contributed by atoms with E-state index in [-0.39, 0.29) is 11.7 Å². The van der Waals surface area contributed by atoms with Gasteiger partial charge in [0.2, 0.25) is 11.9 Å². The number of anilines is 4. The van der Waals surface area contributed by atoms with Crippen LogP contribution in [-0.2, 0) is 4.79 Å². The van der Waals surface area contributed by atoms with E-state index in [1.165, 1.54) is 13.0 Å². The average molecular weight is 504 g/mol. The van der Waals surface area contributed by atoms with Crippen LogP contribution < -0.4 is 20.3 Å². The number of rotatable bonds is 7. The highest BCUT2D eigenvalue weighted by Crippen LogP contribution is 2.36. The van der Waals surface area contributed by atoms with Crippen molar-refractivity contribution in [1.82, 2.24) is 19.9 Å². The molecule has 10 heteroatoms. The Morgan fingerprint density at radius 2 is 2.11 bits per heavy atom. The molecule has 0 unspecified atom stereocenters. The third-order valence-electron chi connectivity index (χ3n) is 6.69. The quantitative estimate of drug-likeness (QED) is 0.339. The molecule has 1 atom stereocenters. The summed E-state index contributed by atoms with van der Waals surface area (Å²) in [5, 5.41) is 6.89. The van der Waals surface area contributed by atoms with Gasteiger partial charge in [-0.2, -0.15) is 0 Å². The molecule has 3 heterocycles. The third kappa shape index (κ3) is 4.92. The molecule has 4 aromatic rings. The average Bonchev–Trinajstić information content (AvgIpc) is 3.52. The van der Waals surface area contributed by atoms with Crippen LogP contribution in [0.15, 0.2) is 48.8 Å². The van der Waals surface area contributed by atoms with Gasteiger partial charge in [0, 0.05) is 48.9 Å². The summed E-state index contributed by atoms with van der Waals surface area (Å²) in [4.78, 5) is 28.6. The van der Waals surface area contributed by atoms with E-state index in [1.54, 1.807) is 25.6 Å². The highest BCUT2D eigenvalue weighted by molar-refractivity contribution is 5.96. The fourth-order valence-electron chi connectivity index (χ4n) is 4.78. The molecule has 192 valence electrons. The number of hydrogen-bond acceptors (Lipinski definition) is 7. The second kappa shape index (κ2) is 10.1. The number of aromatic amines is 1. The molecule has 0 saturated carbocycles. The van der Waals surface area contributed by atoms with E-state index in [9.17, 15) is 9.18 Å². The summed E-state index contributed by atoms with van der Waals surface area (Å²) in [6, 6.07) is 11.2. The van der Waals surface area contributed by atoms with Gasteiger partial charge in [0.25, 0.3) is 0 Å². The van der Waals surface area contributed by atoms with E-state index >= 15 is 0 Å². The number of methoxy groups -OCH3 is 1. The molecule has 0 bridgehead atoms. The number of carbonyl (C=O) groups is 1. The summed E-state index contributed by atoms with van der Waals surface area (Å²) in [6.07, 6.45) is 4.35. The lowest BCUT2D eigenvalue weighted by Gasteiger charge is -2.24. The first kappa shape index (κ1) is 24.5. The van der Waals surface area contributed by atoms with Gasteiger partial charge in [0.1, 0.15) is 11.5 Å². The number of fused-ring (bicyclic) bond motifs is 1. The summed E-state index contributed by atoms with van der Waals surface area (Å²) in [5.74, 6) is 0.332. The highest BCUT2D eigenvalue weighted by atomic mass is 19.1. The van der Waals surface area contributed by atoms with Crippen LogP contribution in [-0.4, -0.2) is 66.1 Å². The number of carbonyl (C=O) groups excluding carboxylic acids is 1. The molecular formula is C27H30FN7O2. The van der Waals surface area contributed by atoms with Gasteiger partial charge in [0.05, 0.1) is 30.2 Å². The fraction of sp³-hybridized carbons (Fsp3) is 0.296. The summed E-state index contributed by atoms with van der Waals surface area (Å²) >= 11 is 0. The zero-order valence-corrected chi connectivity index (χ0v) is 21.3. The first-order valence-corrected chi connectivity index (χ1v) is 12.1. The Kier molecular flexibility index (Phi) is 6.66. The van der Waals surface area contributed by atoms with Gasteiger partial charge >= 0.3 is 0 Å². The van der Waals surface area contributed by atoms with Crippen molar-refractivity contribution in [2.45, 2.75) is 19.4 Å². The predicted octanol–water partition coefficient (Wildman–Crippen LogP) is 4.61. The van der Waals surface area contributed by atoms with Crippen LogP contribution in [0.2, 0.25) is 0 Å². The molecular weight excluding hydrogens is 473 g/mol. The molecule has 0 spiro atoms. The Labute approximate surface area is 214 Å². The number of nitrogens with zero attached hydrogens (tertiary/aromatic N) is 4. The minimum atomic E-state index is -0.337. The van der Waals surface area contributed by atoms with Gasteiger partial charge < -0.3 is 30.2 Å². The van der Waals surface area contributed by atoms with Crippen LogP contribution in [0, 0.1) is 5.82 Å². The largest absolute Gasteiger partial charge is 0.493 e. The number of ether oxygens (including phenoxy) is 1.